The Hall–Kier alpha value is -8.70. The van der Waals surface area contributed by atoms with Crippen molar-refractivity contribution >= 4 is 175 Å². The first-order valence-electron chi connectivity index (χ1n) is 30.0. The Morgan fingerprint density at radius 2 is 0.304 bits per heavy atom. The molecule has 0 radical (unpaired) electrons. The summed E-state index contributed by atoms with van der Waals surface area (Å²) in [4.78, 5) is 106. The van der Waals surface area contributed by atoms with Crippen LogP contribution in [0.3, 0.4) is 0 Å². The molecule has 0 saturated carbocycles. The maximum atomic E-state index is 14.4. The maximum Gasteiger partial charge on any atom is 0.338 e. The Morgan fingerprint density at radius 1 is 0.196 bits per heavy atom. The van der Waals surface area contributed by atoms with E-state index < -0.39 is 108 Å². The Kier molecular flexibility index (Phi) is 19.8. The number of nitrogens with one attached hydrogen (secondary N) is 6. The number of rotatable bonds is 12. The third-order valence-corrected chi connectivity index (χ3v) is 21.4. The highest BCUT2D eigenvalue weighted by Crippen LogP contribution is 2.51. The van der Waals surface area contributed by atoms with Crippen molar-refractivity contribution in [1.29, 1.82) is 0 Å². The number of aromatic nitrogens is 6. The van der Waals surface area contributed by atoms with Crippen LogP contribution in [0.4, 0.5) is 0 Å². The molecule has 1 aliphatic heterocycles. The van der Waals surface area contributed by atoms with Crippen molar-refractivity contribution in [2.45, 2.75) is 38.5 Å². The van der Waals surface area contributed by atoms with Gasteiger partial charge in [0.2, 0.25) is 0 Å². The zero-order chi connectivity index (χ0) is 72.9. The Morgan fingerprint density at radius 3 is 0.402 bits per heavy atom. The van der Waals surface area contributed by atoms with E-state index in [0.29, 0.717) is 0 Å². The molecule has 516 valence electrons. The van der Waals surface area contributed by atoms with Gasteiger partial charge in [0.1, 0.15) is 0 Å². The molecule has 102 heavy (non-hydrogen) atoms. The predicted molar refractivity (Wildman–Crippen MR) is 396 cm³/mol. The van der Waals surface area contributed by atoms with Crippen LogP contribution < -0.4 is 0 Å². The molecule has 1 aliphatic rings. The van der Waals surface area contributed by atoms with Crippen LogP contribution in [0.25, 0.3) is 66.8 Å². The Balaban J connectivity index is 1.20. The van der Waals surface area contributed by atoms with Gasteiger partial charge in [0.05, 0.1) is 33.4 Å². The molecule has 12 aromatic rings. The monoisotopic (exact) mass is 1600 g/mol. The first kappa shape index (κ1) is 71.7. The lowest BCUT2D eigenvalue weighted by molar-refractivity contribution is 0.0685. The molecule has 0 unspecified atom stereocenters. The van der Waals surface area contributed by atoms with Gasteiger partial charge in [0.15, 0.2) is 0 Å². The Labute approximate surface area is 635 Å². The van der Waals surface area contributed by atoms with Crippen molar-refractivity contribution in [1.82, 2.24) is 29.9 Å². The van der Waals surface area contributed by atoms with Gasteiger partial charge in [-0.2, -0.15) is 0 Å². The third kappa shape index (κ3) is 12.6. The minimum atomic E-state index is -1.59. The number of benzene rings is 6. The molecule has 12 bridgehead atoms. The molecule has 12 N–H and O–H groups in total. The van der Waals surface area contributed by atoms with Gasteiger partial charge in [-0.15, -0.1) is 0 Å². The fourth-order valence-electron chi connectivity index (χ4n) is 13.8. The topological polar surface area (TPSA) is 319 Å². The van der Waals surface area contributed by atoms with E-state index in [4.69, 9.17) is 139 Å². The van der Waals surface area contributed by atoms with Crippen molar-refractivity contribution in [2.75, 3.05) is 0 Å². The van der Waals surface area contributed by atoms with E-state index in [1.165, 1.54) is 109 Å². The lowest BCUT2D eigenvalue weighted by Gasteiger charge is -2.12. The standard InChI is InChI=1S/C72H42Cl12N6O12/c73-25-7-1-8-26(74)49(25)55-37-19-44-62(68(93)94)57(51-29(77)11-3-12-30(51)78)39(86-44)21-46-64(70(97)98)59(53-33(81)15-5-16-34(53)82)41(88-46)23-48-66(72(101)102)60(54-35(83)17-6-18-36(54)84)42(90-48)24-47-65(71(99)100)58(52-31(79)13-4-14-32(52)80)40(89-47)22-45-63(69(95)96)56(50-27(75)9-2-10-28(50)76)38(87-45)20-43(85-37)61(55)67(91)92/h1-18,85-90H,19-24H2,(H,91,92)(H,93,94)(H,95,96)(H,97,98)(H,99,100)(H,101,102). The quantitative estimate of drug-likeness (QED) is 0.0543. The molecular weight excluding hydrogens is 1570 g/mol. The molecule has 0 fully saturated rings. The molecule has 30 heteroatoms. The largest absolute Gasteiger partial charge is 0.478 e. The van der Waals surface area contributed by atoms with Crippen LogP contribution in [0.2, 0.25) is 60.3 Å². The number of halogens is 12. The van der Waals surface area contributed by atoms with Crippen molar-refractivity contribution in [3.63, 3.8) is 0 Å². The maximum absolute atomic E-state index is 14.4. The van der Waals surface area contributed by atoms with Crippen molar-refractivity contribution < 1.29 is 59.4 Å². The fourth-order valence-corrected chi connectivity index (χ4v) is 17.3. The minimum Gasteiger partial charge on any atom is -0.478 e. The van der Waals surface area contributed by atoms with Gasteiger partial charge < -0.3 is 60.5 Å². The second-order valence-electron chi connectivity index (χ2n) is 23.5. The molecule has 6 aromatic heterocycles. The van der Waals surface area contributed by atoms with Crippen molar-refractivity contribution in [2.24, 2.45) is 0 Å². The summed E-state index contributed by atoms with van der Waals surface area (Å²) in [5.41, 5.74) is -5.49. The van der Waals surface area contributed by atoms with Crippen LogP contribution in [0.5, 0.6) is 0 Å². The average molecular weight is 1610 g/mol. The smallest absolute Gasteiger partial charge is 0.338 e. The van der Waals surface area contributed by atoms with E-state index in [1.54, 1.807) is 0 Å². The van der Waals surface area contributed by atoms with E-state index in [9.17, 15) is 59.4 Å². The normalized spacial score (nSPS) is 12.4. The van der Waals surface area contributed by atoms with Crippen LogP contribution in [0.1, 0.15) is 130 Å². The van der Waals surface area contributed by atoms with E-state index in [1.807, 2.05) is 0 Å². The average Bonchev–Trinajstić information content (AvgIpc) is 1.59. The van der Waals surface area contributed by atoms with Crippen LogP contribution in [-0.4, -0.2) is 96.4 Å². The van der Waals surface area contributed by atoms with Gasteiger partial charge in [-0.25, -0.2) is 28.8 Å². The zero-order valence-electron chi connectivity index (χ0n) is 51.3. The third-order valence-electron chi connectivity index (χ3n) is 17.6. The fraction of sp³-hybridized carbons (Fsp3) is 0.0833. The molecule has 13 rings (SSSR count). The summed E-state index contributed by atoms with van der Waals surface area (Å²) < 4.78 is 0. The lowest BCUT2D eigenvalue weighted by atomic mass is 9.92. The first-order chi connectivity index (χ1) is 48.6. The molecule has 7 heterocycles. The number of hydrogen-bond acceptors (Lipinski definition) is 6. The van der Waals surface area contributed by atoms with Gasteiger partial charge in [-0.3, -0.25) is 0 Å². The molecular formula is C72H42Cl12N6O12. The highest BCUT2D eigenvalue weighted by atomic mass is 35.5. The molecule has 0 aliphatic carbocycles. The number of carboxylic acids is 6. The van der Waals surface area contributed by atoms with Crippen molar-refractivity contribution in [3.8, 4) is 66.8 Å². The molecule has 0 saturated heterocycles. The number of hydrogen-bond donors (Lipinski definition) is 12. The summed E-state index contributed by atoms with van der Waals surface area (Å²) in [6.45, 7) is 0. The van der Waals surface area contributed by atoms with E-state index in [-0.39, 0.29) is 195 Å². The second kappa shape index (κ2) is 28.2. The Bertz CT molecular complexity index is 4640. The van der Waals surface area contributed by atoms with Gasteiger partial charge >= 0.3 is 35.8 Å². The molecule has 0 atom stereocenters. The summed E-state index contributed by atoms with van der Waals surface area (Å²) in [6, 6.07) is 26.4. The number of H-pyrrole nitrogens is 6. The minimum absolute atomic E-state index is 0.0422. The predicted octanol–water partition coefficient (Wildman–Crippen LogP) is 21.5. The van der Waals surface area contributed by atoms with Crippen LogP contribution >= 0.6 is 139 Å². The molecule has 18 nitrogen and oxygen atoms in total. The van der Waals surface area contributed by atoms with Crippen LogP contribution in [-0.2, 0) is 38.5 Å². The molecule has 0 amide bonds. The number of carboxylic acid groups (broad SMARTS) is 6. The van der Waals surface area contributed by atoms with E-state index >= 15 is 0 Å². The SMILES string of the molecule is O=C(O)c1c2[nH]c(c1-c1c(Cl)cccc1Cl)Cc1[nH]c(c(-c3c(Cl)cccc3Cl)c1C(=O)O)Cc1[nH]c(c(-c3c(Cl)cccc3Cl)c1C(=O)O)Cc1[nH]c(c(-c3c(Cl)cccc3Cl)c1C(=O)O)Cc1[nH]c(c(-c3c(Cl)cccc3Cl)c1C(=O)O)Cc1[nH]c(c(-c3c(Cl)cccc3Cl)c1C(=O)O)C2. The van der Waals surface area contributed by atoms with E-state index in [0.717, 1.165) is 0 Å². The number of carbonyl (C=O) groups is 6. The molecule has 0 spiro atoms. The highest BCUT2D eigenvalue weighted by Gasteiger charge is 2.39. The first-order valence-corrected chi connectivity index (χ1v) is 34.6. The summed E-state index contributed by atoms with van der Waals surface area (Å²) in [7, 11) is 0. The number of fused-ring (bicyclic) bond motifs is 12. The van der Waals surface area contributed by atoms with E-state index in [2.05, 4.69) is 29.9 Å². The summed E-state index contributed by atoms with van der Waals surface area (Å²) >= 11 is 84.4. The summed E-state index contributed by atoms with van der Waals surface area (Å²) in [5, 5.41) is 69.3. The molecule has 6 aromatic carbocycles. The van der Waals surface area contributed by atoms with Crippen LogP contribution in [0, 0.1) is 0 Å². The number of aromatic carboxylic acids is 6. The lowest BCUT2D eigenvalue weighted by Crippen LogP contribution is -2.05. The highest BCUT2D eigenvalue weighted by molar-refractivity contribution is 6.43. The zero-order valence-corrected chi connectivity index (χ0v) is 60.4. The van der Waals surface area contributed by atoms with Crippen molar-refractivity contribution in [3.05, 3.63) is 271 Å². The number of aromatic amines is 6. The van der Waals surface area contributed by atoms with Gasteiger partial charge in [0, 0.05) is 234 Å². The van der Waals surface area contributed by atoms with Gasteiger partial charge in [-0.05, 0) is 72.8 Å². The summed E-state index contributed by atoms with van der Waals surface area (Å²) in [6.07, 6.45) is -3.45. The summed E-state index contributed by atoms with van der Waals surface area (Å²) in [5.74, 6) is -9.52. The second-order valence-corrected chi connectivity index (χ2v) is 28.4. The van der Waals surface area contributed by atoms with Gasteiger partial charge in [0.25, 0.3) is 0 Å². The van der Waals surface area contributed by atoms with Gasteiger partial charge in [-0.1, -0.05) is 176 Å². The van der Waals surface area contributed by atoms with Crippen LogP contribution in [0.15, 0.2) is 109 Å².